The molecule has 2 aromatic rings. The molecule has 2 rings (SSSR count). The second kappa shape index (κ2) is 4.27. The first-order valence-corrected chi connectivity index (χ1v) is 5.01. The molecule has 0 aromatic carbocycles. The van der Waals surface area contributed by atoms with E-state index < -0.39 is 0 Å². The topological polar surface area (TPSA) is 54.2 Å². The van der Waals surface area contributed by atoms with Crippen molar-refractivity contribution in [1.29, 1.82) is 0 Å². The van der Waals surface area contributed by atoms with E-state index in [0.717, 1.165) is 18.7 Å². The molecule has 0 radical (unpaired) electrons. The molecule has 0 aliphatic rings. The summed E-state index contributed by atoms with van der Waals surface area (Å²) >= 11 is 0. The van der Waals surface area contributed by atoms with Gasteiger partial charge < -0.3 is 10.6 Å². The largest absolute Gasteiger partial charge is 0.352 e. The SMILES string of the molecule is CNCCNc1nc2cc(C)ccn2n1. The van der Waals surface area contributed by atoms with E-state index in [1.54, 1.807) is 4.52 Å². The van der Waals surface area contributed by atoms with Crippen LogP contribution in [-0.2, 0) is 0 Å². The number of hydrogen-bond acceptors (Lipinski definition) is 4. The van der Waals surface area contributed by atoms with Gasteiger partial charge in [0.1, 0.15) is 0 Å². The van der Waals surface area contributed by atoms with E-state index in [1.807, 2.05) is 32.3 Å². The van der Waals surface area contributed by atoms with E-state index in [0.29, 0.717) is 5.95 Å². The van der Waals surface area contributed by atoms with Crippen LogP contribution in [-0.4, -0.2) is 34.7 Å². The molecule has 0 atom stereocenters. The van der Waals surface area contributed by atoms with Crippen molar-refractivity contribution in [2.75, 3.05) is 25.5 Å². The molecule has 5 nitrogen and oxygen atoms in total. The van der Waals surface area contributed by atoms with Gasteiger partial charge in [-0.25, -0.2) is 4.52 Å². The lowest BCUT2D eigenvalue weighted by Gasteiger charge is -1.98. The normalized spacial score (nSPS) is 10.8. The van der Waals surface area contributed by atoms with Crippen molar-refractivity contribution >= 4 is 11.6 Å². The molecule has 0 saturated carbocycles. The van der Waals surface area contributed by atoms with Gasteiger partial charge in [0.05, 0.1) is 0 Å². The fourth-order valence-electron chi connectivity index (χ4n) is 1.36. The number of likely N-dealkylation sites (N-methyl/N-ethyl adjacent to an activating group) is 1. The molecule has 5 heteroatoms. The van der Waals surface area contributed by atoms with Crippen molar-refractivity contribution in [2.45, 2.75) is 6.92 Å². The number of pyridine rings is 1. The first-order valence-electron chi connectivity index (χ1n) is 5.01. The minimum Gasteiger partial charge on any atom is -0.352 e. The smallest absolute Gasteiger partial charge is 0.243 e. The van der Waals surface area contributed by atoms with Crippen LogP contribution in [0.1, 0.15) is 5.56 Å². The van der Waals surface area contributed by atoms with E-state index in [9.17, 15) is 0 Å². The molecule has 80 valence electrons. The number of aryl methyl sites for hydroxylation is 1. The number of hydrogen-bond donors (Lipinski definition) is 2. The van der Waals surface area contributed by atoms with E-state index >= 15 is 0 Å². The van der Waals surface area contributed by atoms with E-state index in [1.165, 1.54) is 5.56 Å². The number of nitrogens with zero attached hydrogens (tertiary/aromatic N) is 3. The number of anilines is 1. The fraction of sp³-hybridized carbons (Fsp3) is 0.400. The molecule has 15 heavy (non-hydrogen) atoms. The van der Waals surface area contributed by atoms with Crippen LogP contribution in [0.25, 0.3) is 5.65 Å². The molecule has 0 unspecified atom stereocenters. The molecule has 0 aliphatic carbocycles. The molecule has 0 amide bonds. The standard InChI is InChI=1S/C10H15N5/c1-8-3-6-15-9(7-8)13-10(14-15)12-5-4-11-2/h3,6-7,11H,4-5H2,1-2H3,(H,12,14). The Kier molecular flexibility index (Phi) is 2.82. The third-order valence-electron chi connectivity index (χ3n) is 2.15. The van der Waals surface area contributed by atoms with Crippen LogP contribution in [0.3, 0.4) is 0 Å². The zero-order valence-corrected chi connectivity index (χ0v) is 8.99. The van der Waals surface area contributed by atoms with Gasteiger partial charge in [-0.3, -0.25) is 0 Å². The van der Waals surface area contributed by atoms with Crippen LogP contribution < -0.4 is 10.6 Å². The zero-order valence-electron chi connectivity index (χ0n) is 8.99. The second-order valence-corrected chi connectivity index (χ2v) is 3.47. The summed E-state index contributed by atoms with van der Waals surface area (Å²) in [5.41, 5.74) is 2.07. The number of nitrogens with one attached hydrogen (secondary N) is 2. The molecule has 0 fully saturated rings. The van der Waals surface area contributed by atoms with E-state index in [-0.39, 0.29) is 0 Å². The van der Waals surface area contributed by atoms with Gasteiger partial charge in [0.15, 0.2) is 5.65 Å². The highest BCUT2D eigenvalue weighted by atomic mass is 15.3. The fourth-order valence-corrected chi connectivity index (χ4v) is 1.36. The highest BCUT2D eigenvalue weighted by Gasteiger charge is 2.01. The van der Waals surface area contributed by atoms with Crippen molar-refractivity contribution in [2.24, 2.45) is 0 Å². The average molecular weight is 205 g/mol. The Labute approximate surface area is 88.5 Å². The van der Waals surface area contributed by atoms with Gasteiger partial charge in [-0.2, -0.15) is 4.98 Å². The maximum atomic E-state index is 4.36. The van der Waals surface area contributed by atoms with Gasteiger partial charge in [0.25, 0.3) is 0 Å². The lowest BCUT2D eigenvalue weighted by Crippen LogP contribution is -2.18. The summed E-state index contributed by atoms with van der Waals surface area (Å²) in [6, 6.07) is 4.02. The monoisotopic (exact) mass is 205 g/mol. The summed E-state index contributed by atoms with van der Waals surface area (Å²) in [4.78, 5) is 4.36. The summed E-state index contributed by atoms with van der Waals surface area (Å²) in [6.07, 6.45) is 1.92. The van der Waals surface area contributed by atoms with Gasteiger partial charge in [0.2, 0.25) is 5.95 Å². The summed E-state index contributed by atoms with van der Waals surface area (Å²) in [7, 11) is 1.92. The maximum Gasteiger partial charge on any atom is 0.243 e. The van der Waals surface area contributed by atoms with Crippen LogP contribution in [0.5, 0.6) is 0 Å². The van der Waals surface area contributed by atoms with E-state index in [2.05, 4.69) is 20.7 Å². The van der Waals surface area contributed by atoms with Crippen LogP contribution in [0.2, 0.25) is 0 Å². The maximum absolute atomic E-state index is 4.36. The minimum atomic E-state index is 0.677. The van der Waals surface area contributed by atoms with Gasteiger partial charge in [0, 0.05) is 19.3 Å². The lowest BCUT2D eigenvalue weighted by molar-refractivity contribution is 0.816. The number of fused-ring (bicyclic) bond motifs is 1. The Morgan fingerprint density at radius 2 is 2.27 bits per heavy atom. The van der Waals surface area contributed by atoms with Crippen LogP contribution >= 0.6 is 0 Å². The van der Waals surface area contributed by atoms with E-state index in [4.69, 9.17) is 0 Å². The highest BCUT2D eigenvalue weighted by molar-refractivity contribution is 5.45. The number of rotatable bonds is 4. The van der Waals surface area contributed by atoms with Gasteiger partial charge >= 0.3 is 0 Å². The summed E-state index contributed by atoms with van der Waals surface area (Å²) in [5.74, 6) is 0.677. The van der Waals surface area contributed by atoms with Gasteiger partial charge in [-0.05, 0) is 31.7 Å². The summed E-state index contributed by atoms with van der Waals surface area (Å²) in [6.45, 7) is 3.77. The molecule has 0 bridgehead atoms. The Balaban J connectivity index is 2.16. The molecule has 0 saturated heterocycles. The van der Waals surface area contributed by atoms with Crippen LogP contribution in [0.15, 0.2) is 18.3 Å². The first-order chi connectivity index (χ1) is 7.29. The zero-order chi connectivity index (χ0) is 10.7. The molecule has 2 N–H and O–H groups in total. The highest BCUT2D eigenvalue weighted by Crippen LogP contribution is 2.06. The Morgan fingerprint density at radius 1 is 1.40 bits per heavy atom. The molecular weight excluding hydrogens is 190 g/mol. The quantitative estimate of drug-likeness (QED) is 0.720. The summed E-state index contributed by atoms with van der Waals surface area (Å²) in [5, 5.41) is 10.5. The third kappa shape index (κ3) is 2.24. The van der Waals surface area contributed by atoms with Crippen molar-refractivity contribution in [3.63, 3.8) is 0 Å². The average Bonchev–Trinajstić information content (AvgIpc) is 2.60. The van der Waals surface area contributed by atoms with Crippen molar-refractivity contribution in [3.05, 3.63) is 23.9 Å². The molecule has 0 spiro atoms. The molecule has 2 heterocycles. The van der Waals surface area contributed by atoms with Gasteiger partial charge in [-0.15, -0.1) is 5.10 Å². The van der Waals surface area contributed by atoms with Crippen molar-refractivity contribution < 1.29 is 0 Å². The predicted molar refractivity (Wildman–Crippen MR) is 60.1 cm³/mol. The van der Waals surface area contributed by atoms with Crippen LogP contribution in [0, 0.1) is 6.92 Å². The van der Waals surface area contributed by atoms with Crippen LogP contribution in [0.4, 0.5) is 5.95 Å². The lowest BCUT2D eigenvalue weighted by atomic mass is 10.3. The molecule has 2 aromatic heterocycles. The number of aromatic nitrogens is 3. The van der Waals surface area contributed by atoms with Gasteiger partial charge in [-0.1, -0.05) is 0 Å². The predicted octanol–water partition coefficient (Wildman–Crippen LogP) is 0.669. The first kappa shape index (κ1) is 9.92. The molecular formula is C10H15N5. The van der Waals surface area contributed by atoms with Crippen molar-refractivity contribution in [3.8, 4) is 0 Å². The third-order valence-corrected chi connectivity index (χ3v) is 2.15. The Morgan fingerprint density at radius 3 is 3.07 bits per heavy atom. The van der Waals surface area contributed by atoms with Crippen molar-refractivity contribution in [1.82, 2.24) is 19.9 Å². The second-order valence-electron chi connectivity index (χ2n) is 3.47. The minimum absolute atomic E-state index is 0.677. The Hall–Kier alpha value is -1.62. The Bertz CT molecular complexity index is 448. The summed E-state index contributed by atoms with van der Waals surface area (Å²) < 4.78 is 1.77. The molecule has 0 aliphatic heterocycles.